The third-order valence-corrected chi connectivity index (χ3v) is 11.1. The number of phenolic OH excluding ortho intramolecular Hbond substituents is 2. The number of carbonyl (C=O) groups is 6. The average Bonchev–Trinajstić information content (AvgIpc) is 3.60. The molecule has 5 N–H and O–H groups in total. The van der Waals surface area contributed by atoms with Crippen LogP contribution in [0.2, 0.25) is 0 Å². The van der Waals surface area contributed by atoms with E-state index in [2.05, 4.69) is 14.8 Å². The van der Waals surface area contributed by atoms with E-state index in [0.29, 0.717) is 0 Å². The molecule has 2 aliphatic rings. The van der Waals surface area contributed by atoms with Gasteiger partial charge in [-0.05, 0) is 44.2 Å². The Balaban J connectivity index is 1.41. The lowest BCUT2D eigenvalue weighted by molar-refractivity contribution is -0.161. The summed E-state index contributed by atoms with van der Waals surface area (Å²) < 4.78 is 3.16. The molecule has 1 amide bonds. The van der Waals surface area contributed by atoms with Gasteiger partial charge in [0.1, 0.15) is 5.69 Å². The monoisotopic (exact) mass is 690 g/mol. The maximum Gasteiger partial charge on any atom is 0.378 e. The predicted molar refractivity (Wildman–Crippen MR) is 167 cm³/mol. The smallest absolute Gasteiger partial charge is 0.378 e. The first-order valence-electron chi connectivity index (χ1n) is 13.5. The molecule has 0 bridgehead atoms. The molecule has 2 saturated heterocycles. The minimum atomic E-state index is -1.77. The fraction of sp³-hybridized carbons (Fsp3) is 0.407. The van der Waals surface area contributed by atoms with E-state index in [-0.39, 0.29) is 53.7 Å². The van der Waals surface area contributed by atoms with Gasteiger partial charge >= 0.3 is 20.0 Å². The second-order valence-corrected chi connectivity index (χ2v) is 14.6. The van der Waals surface area contributed by atoms with Crippen LogP contribution in [0.3, 0.4) is 0 Å². The Morgan fingerprint density at radius 1 is 1.22 bits per heavy atom. The van der Waals surface area contributed by atoms with Crippen molar-refractivity contribution in [2.45, 2.75) is 48.2 Å². The zero-order valence-corrected chi connectivity index (χ0v) is 26.8. The summed E-state index contributed by atoms with van der Waals surface area (Å²) in [7, 11) is 5.22. The third-order valence-electron chi connectivity index (χ3n) is 7.05. The summed E-state index contributed by atoms with van der Waals surface area (Å²) in [5, 5.41) is 33.1. The van der Waals surface area contributed by atoms with Crippen molar-refractivity contribution in [3.05, 3.63) is 34.8 Å². The molecular formula is C27H27BN4O11S3. The minimum Gasteiger partial charge on any atom is -0.542 e. The fourth-order valence-electron chi connectivity index (χ4n) is 4.44. The molecule has 3 heterocycles. The Labute approximate surface area is 275 Å². The lowest BCUT2D eigenvalue weighted by Gasteiger charge is -2.41. The number of thiazole rings is 1. The van der Waals surface area contributed by atoms with Crippen LogP contribution in [0.15, 0.2) is 28.7 Å². The Bertz CT molecular complexity index is 1630. The van der Waals surface area contributed by atoms with Gasteiger partial charge in [0.25, 0.3) is 0 Å². The summed E-state index contributed by atoms with van der Waals surface area (Å²) in [6.45, 7) is 2.38. The lowest BCUT2D eigenvalue weighted by atomic mass is 9.90. The number of amides is 1. The van der Waals surface area contributed by atoms with E-state index >= 15 is 0 Å². The molecule has 1 aromatic carbocycles. The highest BCUT2D eigenvalue weighted by Gasteiger charge is 2.62. The molecule has 2 aliphatic heterocycles. The summed E-state index contributed by atoms with van der Waals surface area (Å²) >= 11 is 3.17. The van der Waals surface area contributed by atoms with Crippen LogP contribution in [0.1, 0.15) is 49.2 Å². The summed E-state index contributed by atoms with van der Waals surface area (Å²) in [5.74, 6) is -6.50. The number of aromatic hydroxyl groups is 2. The number of fused-ring (bicyclic) bond motifs is 1. The summed E-state index contributed by atoms with van der Waals surface area (Å²) in [4.78, 5) is 86.2. The van der Waals surface area contributed by atoms with Gasteiger partial charge in [-0.15, -0.1) is 34.9 Å². The summed E-state index contributed by atoms with van der Waals surface area (Å²) in [6, 6.07) is 3.28. The van der Waals surface area contributed by atoms with Gasteiger partial charge in [0.2, 0.25) is 23.1 Å². The number of carboxylic acid groups (broad SMARTS) is 1. The number of phenols is 2. The van der Waals surface area contributed by atoms with E-state index in [0.717, 1.165) is 47.0 Å². The van der Waals surface area contributed by atoms with Crippen molar-refractivity contribution >= 4 is 88.9 Å². The van der Waals surface area contributed by atoms with Gasteiger partial charge in [0, 0.05) is 23.8 Å². The second kappa shape index (κ2) is 13.7. The van der Waals surface area contributed by atoms with Crippen molar-refractivity contribution in [2.24, 2.45) is 11.1 Å². The van der Waals surface area contributed by atoms with Gasteiger partial charge in [0.15, 0.2) is 32.2 Å². The molecule has 242 valence electrons. The SMILES string of the molecule is [B]OC(=O)[C@@]1(SCCCC(=O)C(=O)c2ccc(O)c(O)c2)CN2C(=O)[C@@H](CC(=O)/C(=N\OC(C)(C)C(=O)O)c3csc(N)n3)[C@H]2S1. The number of hydrogen-bond donors (Lipinski definition) is 4. The number of nitrogens with zero attached hydrogens (tertiary/aromatic N) is 3. The number of rotatable bonds is 15. The fourth-order valence-corrected chi connectivity index (χ4v) is 8.25. The quantitative estimate of drug-likeness (QED) is 0.0303. The van der Waals surface area contributed by atoms with Gasteiger partial charge in [-0.25, -0.2) is 9.78 Å². The van der Waals surface area contributed by atoms with Crippen LogP contribution in [0.5, 0.6) is 11.5 Å². The van der Waals surface area contributed by atoms with E-state index < -0.39 is 67.7 Å². The molecule has 2 aromatic rings. The van der Waals surface area contributed by atoms with Crippen LogP contribution in [0.4, 0.5) is 5.13 Å². The Hall–Kier alpha value is -4.10. The Morgan fingerprint density at radius 2 is 1.93 bits per heavy atom. The summed E-state index contributed by atoms with van der Waals surface area (Å²) in [5.41, 5.74) is 3.56. The van der Waals surface area contributed by atoms with Gasteiger partial charge in [-0.2, -0.15) is 0 Å². The zero-order chi connectivity index (χ0) is 34.0. The molecule has 1 aromatic heterocycles. The van der Waals surface area contributed by atoms with E-state index in [1.807, 2.05) is 0 Å². The number of anilines is 1. The maximum atomic E-state index is 13.4. The van der Waals surface area contributed by atoms with Crippen LogP contribution in [-0.2, 0) is 33.5 Å². The van der Waals surface area contributed by atoms with Gasteiger partial charge in [-0.1, -0.05) is 5.16 Å². The van der Waals surface area contributed by atoms with Crippen LogP contribution < -0.4 is 5.73 Å². The summed E-state index contributed by atoms with van der Waals surface area (Å²) in [6.07, 6.45) is -0.371. The topological polar surface area (TPSA) is 236 Å². The maximum absolute atomic E-state index is 13.4. The number of thioether (sulfide) groups is 2. The molecule has 19 heteroatoms. The average molecular weight is 691 g/mol. The number of aliphatic carboxylic acids is 1. The van der Waals surface area contributed by atoms with Crippen LogP contribution >= 0.6 is 34.9 Å². The first-order valence-corrected chi connectivity index (χ1v) is 16.2. The highest BCUT2D eigenvalue weighted by molar-refractivity contribution is 8.20. The van der Waals surface area contributed by atoms with E-state index in [1.165, 1.54) is 30.2 Å². The molecule has 4 rings (SSSR count). The molecule has 0 aliphatic carbocycles. The molecule has 46 heavy (non-hydrogen) atoms. The lowest BCUT2D eigenvalue weighted by Crippen LogP contribution is -2.57. The van der Waals surface area contributed by atoms with Gasteiger partial charge < -0.3 is 35.4 Å². The normalized spacial score (nSPS) is 20.9. The van der Waals surface area contributed by atoms with Crippen LogP contribution in [-0.4, -0.2) is 102 Å². The van der Waals surface area contributed by atoms with Crippen molar-refractivity contribution < 1.29 is 53.6 Å². The van der Waals surface area contributed by atoms with Crippen molar-refractivity contribution in [1.82, 2.24) is 9.88 Å². The van der Waals surface area contributed by atoms with E-state index in [9.17, 15) is 44.1 Å². The molecule has 0 unspecified atom stereocenters. The molecular weight excluding hydrogens is 663 g/mol. The Morgan fingerprint density at radius 3 is 2.54 bits per heavy atom. The third kappa shape index (κ3) is 7.15. The van der Waals surface area contributed by atoms with E-state index in [1.54, 1.807) is 0 Å². The number of nitrogen functional groups attached to an aromatic ring is 1. The van der Waals surface area contributed by atoms with Crippen molar-refractivity contribution in [3.8, 4) is 11.5 Å². The number of oxime groups is 1. The zero-order valence-electron chi connectivity index (χ0n) is 24.3. The van der Waals surface area contributed by atoms with Crippen molar-refractivity contribution in [3.63, 3.8) is 0 Å². The molecule has 0 spiro atoms. The standard InChI is InChI=1S/C27H27BN4O11S3/c1-26(2,23(39)40)43-31-19(14-10-44-25(29)30-14)18(36)9-13-21(38)32-11-27(24(41)42-28,46-22(13)32)45-7-3-4-16(34)20(37)12-5-6-15(33)17(35)8-12/h5-6,8,10,13,22,33,35H,3-4,7,9,11H2,1-2H3,(H2,29,30)(H,39,40)/b31-19-/t13-,22-,27-/m1/s1. The van der Waals surface area contributed by atoms with Crippen molar-refractivity contribution in [2.75, 3.05) is 18.0 Å². The largest absolute Gasteiger partial charge is 0.542 e. The number of carboxylic acids is 1. The van der Waals surface area contributed by atoms with Gasteiger partial charge in [0.05, 0.1) is 17.8 Å². The molecule has 2 fully saturated rings. The molecule has 3 atom stereocenters. The first kappa shape index (κ1) is 34.8. The Kier molecular flexibility index (Phi) is 10.4. The number of carbonyl (C=O) groups excluding carboxylic acids is 5. The van der Waals surface area contributed by atoms with Gasteiger partial charge in [-0.3, -0.25) is 24.0 Å². The van der Waals surface area contributed by atoms with E-state index in [4.69, 9.17) is 18.6 Å². The van der Waals surface area contributed by atoms with Crippen LogP contribution in [0, 0.1) is 5.92 Å². The predicted octanol–water partition coefficient (Wildman–Crippen LogP) is 1.50. The number of nitrogens with two attached hydrogens (primary N) is 1. The highest BCUT2D eigenvalue weighted by atomic mass is 32.2. The first-order chi connectivity index (χ1) is 21.6. The molecule has 0 saturated carbocycles. The number of Topliss-reactive ketones (excluding diaryl/α,β-unsaturated/α-hetero) is 3. The second-order valence-electron chi connectivity index (χ2n) is 10.7. The van der Waals surface area contributed by atoms with Crippen molar-refractivity contribution in [1.29, 1.82) is 0 Å². The number of ketones is 3. The minimum absolute atomic E-state index is 0.0447. The number of β-lactam (4-membered cyclic amide) rings is 1. The van der Waals surface area contributed by atoms with Crippen LogP contribution in [0.25, 0.3) is 0 Å². The highest BCUT2D eigenvalue weighted by Crippen LogP contribution is 2.55. The molecule has 2 radical (unpaired) electrons. The number of benzene rings is 1. The number of aromatic nitrogens is 1. The number of hydrogen-bond acceptors (Lipinski definition) is 16. The molecule has 15 nitrogen and oxygen atoms in total.